The largest absolute Gasteiger partial charge is 0.463 e. The molecule has 0 atom stereocenters. The standard InChI is InChI=1S/C38H75IO11/c1-2-3-4-5-6-7-8-9-10-11-12-13-14-15-16-17-38(40)50-37-36-49-35-34-48-33-32-47-31-30-46-29-28-45-27-26-44-25-24-43-23-22-42-21-20-41-19-18-39/h2-37H2,1H3. The molecule has 0 bridgehead atoms. The Bertz CT molecular complexity index is 634. The van der Waals surface area contributed by atoms with Gasteiger partial charge in [0.1, 0.15) is 6.61 Å². The van der Waals surface area contributed by atoms with Crippen molar-refractivity contribution in [1.82, 2.24) is 0 Å². The van der Waals surface area contributed by atoms with Crippen LogP contribution in [0.4, 0.5) is 0 Å². The second-order valence-corrected chi connectivity index (χ2v) is 13.2. The van der Waals surface area contributed by atoms with E-state index in [-0.39, 0.29) is 5.97 Å². The molecule has 300 valence electrons. The summed E-state index contributed by atoms with van der Waals surface area (Å²) in [5.74, 6) is -0.127. The molecule has 50 heavy (non-hydrogen) atoms. The lowest BCUT2D eigenvalue weighted by atomic mass is 10.0. The minimum atomic E-state index is -0.127. The highest BCUT2D eigenvalue weighted by molar-refractivity contribution is 14.1. The van der Waals surface area contributed by atoms with Crippen LogP contribution in [0.1, 0.15) is 110 Å². The smallest absolute Gasteiger partial charge is 0.305 e. The number of hydrogen-bond acceptors (Lipinski definition) is 11. The number of ether oxygens (including phenoxy) is 10. The van der Waals surface area contributed by atoms with E-state index in [9.17, 15) is 4.79 Å². The van der Waals surface area contributed by atoms with Gasteiger partial charge in [0.05, 0.1) is 119 Å². The number of esters is 1. The molecule has 0 aliphatic heterocycles. The molecule has 0 radical (unpaired) electrons. The molecule has 0 N–H and O–H groups in total. The van der Waals surface area contributed by atoms with E-state index in [1.54, 1.807) is 0 Å². The minimum absolute atomic E-state index is 0.127. The zero-order valence-corrected chi connectivity index (χ0v) is 34.0. The number of carbonyl (C=O) groups is 1. The van der Waals surface area contributed by atoms with Crippen LogP contribution in [0.5, 0.6) is 0 Å². The molecule has 0 fully saturated rings. The Morgan fingerprint density at radius 2 is 0.580 bits per heavy atom. The monoisotopic (exact) mass is 834 g/mol. The fourth-order valence-electron chi connectivity index (χ4n) is 4.84. The van der Waals surface area contributed by atoms with E-state index < -0.39 is 0 Å². The van der Waals surface area contributed by atoms with Gasteiger partial charge in [-0.3, -0.25) is 4.79 Å². The molecule has 0 aromatic carbocycles. The van der Waals surface area contributed by atoms with Crippen molar-refractivity contribution in [3.8, 4) is 0 Å². The van der Waals surface area contributed by atoms with Gasteiger partial charge in [-0.25, -0.2) is 0 Å². The van der Waals surface area contributed by atoms with Crippen LogP contribution in [0, 0.1) is 0 Å². The minimum Gasteiger partial charge on any atom is -0.463 e. The first-order valence-electron chi connectivity index (χ1n) is 19.7. The van der Waals surface area contributed by atoms with E-state index in [0.29, 0.717) is 125 Å². The molecule has 0 aliphatic rings. The van der Waals surface area contributed by atoms with Crippen LogP contribution in [0.15, 0.2) is 0 Å². The van der Waals surface area contributed by atoms with Gasteiger partial charge in [-0.05, 0) is 6.42 Å². The summed E-state index contributed by atoms with van der Waals surface area (Å²) in [6, 6.07) is 0. The average Bonchev–Trinajstić information content (AvgIpc) is 3.12. The molecule has 0 unspecified atom stereocenters. The Balaban J connectivity index is 3.13. The third-order valence-corrected chi connectivity index (χ3v) is 8.11. The Morgan fingerprint density at radius 3 is 0.860 bits per heavy atom. The lowest BCUT2D eigenvalue weighted by Gasteiger charge is -2.09. The fraction of sp³-hybridized carbons (Fsp3) is 0.974. The predicted molar refractivity (Wildman–Crippen MR) is 207 cm³/mol. The zero-order valence-electron chi connectivity index (χ0n) is 31.8. The van der Waals surface area contributed by atoms with Gasteiger partial charge in [0.2, 0.25) is 0 Å². The molecule has 0 aliphatic carbocycles. The van der Waals surface area contributed by atoms with Gasteiger partial charge in [-0.15, -0.1) is 0 Å². The molecule has 0 saturated carbocycles. The summed E-state index contributed by atoms with van der Waals surface area (Å²) in [5, 5.41) is 0. The summed E-state index contributed by atoms with van der Waals surface area (Å²) in [4.78, 5) is 11.9. The van der Waals surface area contributed by atoms with Crippen molar-refractivity contribution in [2.45, 2.75) is 110 Å². The number of hydrogen-bond donors (Lipinski definition) is 0. The molecule has 0 amide bonds. The topological polar surface area (TPSA) is 109 Å². The molecular formula is C38H75IO11. The van der Waals surface area contributed by atoms with Gasteiger partial charge in [0.15, 0.2) is 0 Å². The van der Waals surface area contributed by atoms with Crippen LogP contribution in [-0.2, 0) is 52.2 Å². The summed E-state index contributed by atoms with van der Waals surface area (Å²) >= 11 is 2.28. The summed E-state index contributed by atoms with van der Waals surface area (Å²) < 4.78 is 55.3. The van der Waals surface area contributed by atoms with E-state index in [1.165, 1.54) is 83.5 Å². The first kappa shape index (κ1) is 49.8. The van der Waals surface area contributed by atoms with Crippen molar-refractivity contribution in [3.05, 3.63) is 0 Å². The molecule has 0 aromatic heterocycles. The van der Waals surface area contributed by atoms with E-state index in [0.717, 1.165) is 23.9 Å². The average molecular weight is 835 g/mol. The molecule has 0 spiro atoms. The lowest BCUT2D eigenvalue weighted by molar-refractivity contribution is -0.145. The second kappa shape index (κ2) is 46.9. The number of rotatable bonds is 45. The Morgan fingerprint density at radius 1 is 0.340 bits per heavy atom. The van der Waals surface area contributed by atoms with Crippen molar-refractivity contribution >= 4 is 28.6 Å². The summed E-state index contributed by atoms with van der Waals surface area (Å²) in [6.45, 7) is 12.1. The number of unbranched alkanes of at least 4 members (excludes halogenated alkanes) is 14. The first-order valence-corrected chi connectivity index (χ1v) is 21.2. The second-order valence-electron chi connectivity index (χ2n) is 12.1. The summed E-state index contributed by atoms with van der Waals surface area (Å²) in [7, 11) is 0. The van der Waals surface area contributed by atoms with Gasteiger partial charge < -0.3 is 47.4 Å². The third kappa shape index (κ3) is 45.9. The quantitative estimate of drug-likeness (QED) is 0.0266. The van der Waals surface area contributed by atoms with Crippen LogP contribution in [0.2, 0.25) is 0 Å². The highest BCUT2D eigenvalue weighted by atomic mass is 127. The van der Waals surface area contributed by atoms with Gasteiger partial charge in [0, 0.05) is 10.8 Å². The van der Waals surface area contributed by atoms with Crippen molar-refractivity contribution in [2.75, 3.05) is 130 Å². The normalized spacial score (nSPS) is 11.5. The highest BCUT2D eigenvalue weighted by Gasteiger charge is 2.03. The molecule has 12 heteroatoms. The SMILES string of the molecule is CCCCCCCCCCCCCCCCCC(=O)OCCOCCOCCOCCOCCOCCOCCOCCOCCOCCI. The van der Waals surface area contributed by atoms with Gasteiger partial charge in [0.25, 0.3) is 0 Å². The number of halogens is 1. The Hall–Kier alpha value is -0.160. The molecule has 0 saturated heterocycles. The number of carbonyl (C=O) groups excluding carboxylic acids is 1. The maximum Gasteiger partial charge on any atom is 0.305 e. The van der Waals surface area contributed by atoms with Gasteiger partial charge in [-0.2, -0.15) is 0 Å². The zero-order chi connectivity index (χ0) is 36.1. The van der Waals surface area contributed by atoms with E-state index in [4.69, 9.17) is 47.4 Å². The van der Waals surface area contributed by atoms with Crippen LogP contribution in [-0.4, -0.2) is 136 Å². The van der Waals surface area contributed by atoms with Gasteiger partial charge >= 0.3 is 5.97 Å². The van der Waals surface area contributed by atoms with Crippen LogP contribution in [0.25, 0.3) is 0 Å². The van der Waals surface area contributed by atoms with Crippen molar-refractivity contribution in [2.24, 2.45) is 0 Å². The van der Waals surface area contributed by atoms with Crippen LogP contribution < -0.4 is 0 Å². The Kier molecular flexibility index (Phi) is 46.7. The van der Waals surface area contributed by atoms with E-state index >= 15 is 0 Å². The maximum atomic E-state index is 11.9. The van der Waals surface area contributed by atoms with Crippen LogP contribution >= 0.6 is 22.6 Å². The fourth-order valence-corrected chi connectivity index (χ4v) is 5.15. The maximum absolute atomic E-state index is 11.9. The first-order chi connectivity index (χ1) is 24.8. The van der Waals surface area contributed by atoms with Crippen molar-refractivity contribution < 1.29 is 52.2 Å². The highest BCUT2D eigenvalue weighted by Crippen LogP contribution is 2.13. The van der Waals surface area contributed by atoms with Crippen LogP contribution in [0.3, 0.4) is 0 Å². The Labute approximate surface area is 319 Å². The van der Waals surface area contributed by atoms with Crippen molar-refractivity contribution in [1.29, 1.82) is 0 Å². The summed E-state index contributed by atoms with van der Waals surface area (Å²) in [6.07, 6.45) is 20.3. The lowest BCUT2D eigenvalue weighted by Crippen LogP contribution is -2.15. The molecule has 0 aromatic rings. The molecular weight excluding hydrogens is 759 g/mol. The molecule has 0 heterocycles. The molecule has 11 nitrogen and oxygen atoms in total. The van der Waals surface area contributed by atoms with Gasteiger partial charge in [-0.1, -0.05) is 119 Å². The van der Waals surface area contributed by atoms with Crippen molar-refractivity contribution in [3.63, 3.8) is 0 Å². The van der Waals surface area contributed by atoms with E-state index in [1.807, 2.05) is 0 Å². The summed E-state index contributed by atoms with van der Waals surface area (Å²) in [5.41, 5.74) is 0. The predicted octanol–water partition coefficient (Wildman–Crippen LogP) is 7.38. The third-order valence-electron chi connectivity index (χ3n) is 7.67. The molecule has 0 rings (SSSR count). The van der Waals surface area contributed by atoms with E-state index in [2.05, 4.69) is 29.5 Å². The number of alkyl halides is 1.